The van der Waals surface area contributed by atoms with Crippen molar-refractivity contribution in [3.8, 4) is 5.75 Å². The molecule has 3 rings (SSSR count). The van der Waals surface area contributed by atoms with Crippen molar-refractivity contribution >= 4 is 6.03 Å². The predicted octanol–water partition coefficient (Wildman–Crippen LogP) is 3.67. The first-order valence-corrected chi connectivity index (χ1v) is 9.17. The number of carbonyl (C=O) groups excluding carboxylic acids is 1. The van der Waals surface area contributed by atoms with E-state index in [9.17, 15) is 4.79 Å². The summed E-state index contributed by atoms with van der Waals surface area (Å²) in [4.78, 5) is 19.1. The van der Waals surface area contributed by atoms with Gasteiger partial charge in [-0.25, -0.2) is 9.78 Å². The Bertz CT molecular complexity index is 951. The average molecular weight is 378 g/mol. The minimum absolute atomic E-state index is 0.179. The Morgan fingerprint density at radius 1 is 1.21 bits per heavy atom. The monoisotopic (exact) mass is 378 g/mol. The van der Waals surface area contributed by atoms with Crippen LogP contribution in [0.2, 0.25) is 0 Å². The molecule has 0 fully saturated rings. The molecule has 1 unspecified atom stereocenters. The van der Waals surface area contributed by atoms with Gasteiger partial charge in [-0.15, -0.1) is 0 Å². The molecule has 3 aromatic rings. The van der Waals surface area contributed by atoms with Gasteiger partial charge in [-0.1, -0.05) is 42.5 Å². The normalized spacial score (nSPS) is 11.7. The number of imidazole rings is 1. The molecule has 0 radical (unpaired) electrons. The fourth-order valence-electron chi connectivity index (χ4n) is 3.19. The summed E-state index contributed by atoms with van der Waals surface area (Å²) in [5, 5.41) is 3.11. The highest BCUT2D eigenvalue weighted by molar-refractivity contribution is 5.75. The number of benzene rings is 2. The maximum Gasteiger partial charge on any atom is 0.318 e. The molecule has 0 saturated carbocycles. The number of aromatic nitrogens is 2. The van der Waals surface area contributed by atoms with Crippen LogP contribution in [0, 0.1) is 6.92 Å². The van der Waals surface area contributed by atoms with Crippen molar-refractivity contribution in [1.82, 2.24) is 19.8 Å². The third kappa shape index (κ3) is 4.17. The molecule has 1 heterocycles. The van der Waals surface area contributed by atoms with E-state index in [4.69, 9.17) is 4.74 Å². The molecular formula is C22H26N4O2. The van der Waals surface area contributed by atoms with E-state index >= 15 is 0 Å². The maximum absolute atomic E-state index is 13.0. The number of methoxy groups -OCH3 is 1. The van der Waals surface area contributed by atoms with Gasteiger partial charge in [-0.3, -0.25) is 0 Å². The fraction of sp³-hybridized carbons (Fsp3) is 0.273. The number of hydrogen-bond donors (Lipinski definition) is 1. The van der Waals surface area contributed by atoms with Gasteiger partial charge in [0.1, 0.15) is 17.6 Å². The number of amides is 2. The van der Waals surface area contributed by atoms with E-state index in [1.807, 2.05) is 73.3 Å². The Morgan fingerprint density at radius 3 is 2.61 bits per heavy atom. The molecule has 1 atom stereocenters. The van der Waals surface area contributed by atoms with Crippen molar-refractivity contribution in [2.45, 2.75) is 19.5 Å². The number of carbonyl (C=O) groups is 1. The molecule has 6 nitrogen and oxygen atoms in total. The van der Waals surface area contributed by atoms with Gasteiger partial charge in [0.05, 0.1) is 7.11 Å². The number of rotatable bonds is 6. The molecule has 28 heavy (non-hydrogen) atoms. The van der Waals surface area contributed by atoms with Crippen LogP contribution in [-0.2, 0) is 13.6 Å². The molecule has 2 amide bonds. The molecule has 0 aliphatic carbocycles. The number of nitrogens with zero attached hydrogens (tertiary/aromatic N) is 3. The van der Waals surface area contributed by atoms with Crippen LogP contribution in [0.25, 0.3) is 0 Å². The number of para-hydroxylation sites is 1. The van der Waals surface area contributed by atoms with E-state index in [1.54, 1.807) is 25.3 Å². The van der Waals surface area contributed by atoms with Crippen LogP contribution in [0.3, 0.4) is 0 Å². The second-order valence-corrected chi connectivity index (χ2v) is 6.80. The van der Waals surface area contributed by atoms with Gasteiger partial charge in [0.2, 0.25) is 0 Å². The molecule has 0 aliphatic rings. The van der Waals surface area contributed by atoms with Crippen molar-refractivity contribution in [1.29, 1.82) is 0 Å². The molecule has 0 saturated heterocycles. The molecule has 146 valence electrons. The fourth-order valence-corrected chi connectivity index (χ4v) is 3.19. The van der Waals surface area contributed by atoms with Crippen LogP contribution in [-0.4, -0.2) is 34.6 Å². The Morgan fingerprint density at radius 2 is 1.93 bits per heavy atom. The standard InChI is InChI=1S/C22H26N4O2/c1-16-9-5-6-10-17(16)15-26(3)22(27)24-20(21-23-13-14-25(21)2)18-11-7-8-12-19(18)28-4/h5-14,20H,15H2,1-4H3,(H,24,27). The van der Waals surface area contributed by atoms with Gasteiger partial charge in [-0.2, -0.15) is 0 Å². The van der Waals surface area contributed by atoms with Gasteiger partial charge in [0.25, 0.3) is 0 Å². The molecule has 0 spiro atoms. The molecule has 0 aliphatic heterocycles. The zero-order valence-corrected chi connectivity index (χ0v) is 16.7. The zero-order valence-electron chi connectivity index (χ0n) is 16.7. The van der Waals surface area contributed by atoms with Crippen molar-refractivity contribution in [2.75, 3.05) is 14.2 Å². The molecule has 0 bridgehead atoms. The quantitative estimate of drug-likeness (QED) is 0.712. The Kier molecular flexibility index (Phi) is 5.99. The van der Waals surface area contributed by atoms with E-state index in [2.05, 4.69) is 10.3 Å². The van der Waals surface area contributed by atoms with Crippen molar-refractivity contribution < 1.29 is 9.53 Å². The van der Waals surface area contributed by atoms with E-state index in [-0.39, 0.29) is 6.03 Å². The second kappa shape index (κ2) is 8.61. The van der Waals surface area contributed by atoms with Gasteiger partial charge < -0.3 is 19.5 Å². The molecule has 1 aromatic heterocycles. The first-order valence-electron chi connectivity index (χ1n) is 9.17. The Balaban J connectivity index is 1.86. The van der Waals surface area contributed by atoms with Gasteiger partial charge in [0.15, 0.2) is 0 Å². The average Bonchev–Trinajstić information content (AvgIpc) is 3.13. The summed E-state index contributed by atoms with van der Waals surface area (Å²) < 4.78 is 7.42. The molecule has 1 N–H and O–H groups in total. The third-order valence-electron chi connectivity index (χ3n) is 4.85. The minimum atomic E-state index is -0.428. The summed E-state index contributed by atoms with van der Waals surface area (Å²) in [7, 11) is 5.33. The maximum atomic E-state index is 13.0. The molecule has 2 aromatic carbocycles. The first-order chi connectivity index (χ1) is 13.5. The van der Waals surface area contributed by atoms with E-state index < -0.39 is 6.04 Å². The van der Waals surface area contributed by atoms with Gasteiger partial charge in [0, 0.05) is 38.6 Å². The molecule has 6 heteroatoms. The number of nitrogens with one attached hydrogen (secondary N) is 1. The van der Waals surface area contributed by atoms with Crippen LogP contribution >= 0.6 is 0 Å². The summed E-state index contributed by atoms with van der Waals surface area (Å²) in [6.45, 7) is 2.57. The van der Waals surface area contributed by atoms with Crippen molar-refractivity contribution in [3.63, 3.8) is 0 Å². The number of urea groups is 1. The van der Waals surface area contributed by atoms with Crippen molar-refractivity contribution in [3.05, 3.63) is 83.4 Å². The SMILES string of the molecule is COc1ccccc1C(NC(=O)N(C)Cc1ccccc1C)c1nccn1C. The van der Waals surface area contributed by atoms with Crippen LogP contribution < -0.4 is 10.1 Å². The van der Waals surface area contributed by atoms with Crippen LogP contribution in [0.4, 0.5) is 4.79 Å². The molecular weight excluding hydrogens is 352 g/mol. The number of aryl methyl sites for hydroxylation is 2. The van der Waals surface area contributed by atoms with Crippen molar-refractivity contribution in [2.24, 2.45) is 7.05 Å². The Hall–Kier alpha value is -3.28. The summed E-state index contributed by atoms with van der Waals surface area (Å²) in [5.74, 6) is 1.44. The summed E-state index contributed by atoms with van der Waals surface area (Å²) in [5.41, 5.74) is 3.13. The number of ether oxygens (including phenoxy) is 1. The highest BCUT2D eigenvalue weighted by atomic mass is 16.5. The lowest BCUT2D eigenvalue weighted by Crippen LogP contribution is -2.40. The minimum Gasteiger partial charge on any atom is -0.496 e. The highest BCUT2D eigenvalue weighted by Crippen LogP contribution is 2.29. The van der Waals surface area contributed by atoms with Gasteiger partial charge >= 0.3 is 6.03 Å². The van der Waals surface area contributed by atoms with E-state index in [1.165, 1.54) is 0 Å². The lowest BCUT2D eigenvalue weighted by atomic mass is 10.0. The largest absolute Gasteiger partial charge is 0.496 e. The van der Waals surface area contributed by atoms with Gasteiger partial charge in [-0.05, 0) is 24.1 Å². The summed E-state index contributed by atoms with van der Waals surface area (Å²) >= 11 is 0. The Labute approximate surface area is 165 Å². The third-order valence-corrected chi connectivity index (χ3v) is 4.85. The highest BCUT2D eigenvalue weighted by Gasteiger charge is 2.25. The zero-order chi connectivity index (χ0) is 20.1. The van der Waals surface area contributed by atoms with Crippen LogP contribution in [0.15, 0.2) is 60.9 Å². The van der Waals surface area contributed by atoms with E-state index in [0.29, 0.717) is 12.3 Å². The lowest BCUT2D eigenvalue weighted by Gasteiger charge is -2.25. The van der Waals surface area contributed by atoms with E-state index in [0.717, 1.165) is 22.5 Å². The smallest absolute Gasteiger partial charge is 0.318 e. The van der Waals surface area contributed by atoms with Crippen LogP contribution in [0.1, 0.15) is 28.6 Å². The lowest BCUT2D eigenvalue weighted by molar-refractivity contribution is 0.203. The summed E-state index contributed by atoms with van der Waals surface area (Å²) in [6, 6.07) is 15.1. The second-order valence-electron chi connectivity index (χ2n) is 6.80. The predicted molar refractivity (Wildman–Crippen MR) is 109 cm³/mol. The topological polar surface area (TPSA) is 59.4 Å². The summed E-state index contributed by atoms with van der Waals surface area (Å²) in [6.07, 6.45) is 3.59. The first kappa shape index (κ1) is 19.5. The van der Waals surface area contributed by atoms with Crippen LogP contribution in [0.5, 0.6) is 5.75 Å². The number of hydrogen-bond acceptors (Lipinski definition) is 3.